The van der Waals surface area contributed by atoms with Crippen molar-refractivity contribution < 1.29 is 0 Å². The smallest absolute Gasteiger partial charge is 0.129 e. The number of rotatable bonds is 4. The van der Waals surface area contributed by atoms with Crippen molar-refractivity contribution in [3.63, 3.8) is 0 Å². The molecule has 1 fully saturated rings. The quantitative estimate of drug-likeness (QED) is 0.591. The number of piperidine rings is 1. The summed E-state index contributed by atoms with van der Waals surface area (Å²) in [6.07, 6.45) is 10.3. The standard InChI is InChI=1S/C24H26ClN5/c1-17-13-27-20(14-26-17)16-30-10-7-18-5-6-19(11-23(18)30)21-12-24(28-15-22(21)25)29-8-3-2-4-9-29/h5-6,11-15H,2-4,7-10,16H2,1H3. The van der Waals surface area contributed by atoms with Gasteiger partial charge in [0.05, 0.1) is 29.2 Å². The van der Waals surface area contributed by atoms with Crippen LogP contribution < -0.4 is 9.80 Å². The van der Waals surface area contributed by atoms with E-state index in [-0.39, 0.29) is 0 Å². The Balaban J connectivity index is 1.44. The molecular formula is C24H26ClN5. The summed E-state index contributed by atoms with van der Waals surface area (Å²) in [7, 11) is 0. The summed E-state index contributed by atoms with van der Waals surface area (Å²) in [5, 5.41) is 0.699. The molecule has 4 heterocycles. The van der Waals surface area contributed by atoms with Crippen LogP contribution in [0.4, 0.5) is 11.5 Å². The molecule has 5 nitrogen and oxygen atoms in total. The lowest BCUT2D eigenvalue weighted by molar-refractivity contribution is 0.573. The monoisotopic (exact) mass is 419 g/mol. The highest BCUT2D eigenvalue weighted by Crippen LogP contribution is 2.37. The highest BCUT2D eigenvalue weighted by atomic mass is 35.5. The largest absolute Gasteiger partial charge is 0.365 e. The van der Waals surface area contributed by atoms with Gasteiger partial charge in [0.15, 0.2) is 0 Å². The average Bonchev–Trinajstić information content (AvgIpc) is 3.18. The molecule has 0 saturated carbocycles. The number of hydrogen-bond donors (Lipinski definition) is 0. The third kappa shape index (κ3) is 3.86. The van der Waals surface area contributed by atoms with E-state index >= 15 is 0 Å². The highest BCUT2D eigenvalue weighted by molar-refractivity contribution is 6.33. The summed E-state index contributed by atoms with van der Waals surface area (Å²) in [5.41, 5.74) is 6.77. The number of benzene rings is 1. The minimum absolute atomic E-state index is 0.699. The van der Waals surface area contributed by atoms with Gasteiger partial charge in [0.25, 0.3) is 0 Å². The molecule has 1 saturated heterocycles. The fourth-order valence-corrected chi connectivity index (χ4v) is 4.63. The van der Waals surface area contributed by atoms with Crippen LogP contribution in [-0.2, 0) is 13.0 Å². The first kappa shape index (κ1) is 19.3. The van der Waals surface area contributed by atoms with Gasteiger partial charge in [-0.15, -0.1) is 0 Å². The van der Waals surface area contributed by atoms with Gasteiger partial charge < -0.3 is 9.80 Å². The zero-order chi connectivity index (χ0) is 20.5. The van der Waals surface area contributed by atoms with Gasteiger partial charge in [-0.2, -0.15) is 0 Å². The van der Waals surface area contributed by atoms with E-state index in [1.54, 1.807) is 6.20 Å². The molecule has 154 valence electrons. The van der Waals surface area contributed by atoms with Gasteiger partial charge in [-0.25, -0.2) is 4.98 Å². The van der Waals surface area contributed by atoms with Gasteiger partial charge in [0.2, 0.25) is 0 Å². The molecule has 30 heavy (non-hydrogen) atoms. The van der Waals surface area contributed by atoms with Crippen LogP contribution >= 0.6 is 11.6 Å². The maximum absolute atomic E-state index is 6.59. The third-order valence-corrected chi connectivity index (χ3v) is 6.40. The molecule has 2 aromatic heterocycles. The first-order chi connectivity index (χ1) is 14.7. The van der Waals surface area contributed by atoms with Gasteiger partial charge in [-0.05, 0) is 55.9 Å². The van der Waals surface area contributed by atoms with Crippen LogP contribution in [0.1, 0.15) is 36.2 Å². The van der Waals surface area contributed by atoms with Gasteiger partial charge >= 0.3 is 0 Å². The first-order valence-electron chi connectivity index (χ1n) is 10.7. The van der Waals surface area contributed by atoms with Crippen LogP contribution in [0.5, 0.6) is 0 Å². The lowest BCUT2D eigenvalue weighted by Gasteiger charge is -2.28. The molecule has 0 aliphatic carbocycles. The Kier molecular flexibility index (Phi) is 5.30. The van der Waals surface area contributed by atoms with Crippen LogP contribution in [0.2, 0.25) is 5.02 Å². The number of aryl methyl sites for hydroxylation is 1. The second kappa shape index (κ2) is 8.23. The molecule has 0 bridgehead atoms. The minimum atomic E-state index is 0.699. The minimum Gasteiger partial charge on any atom is -0.365 e. The number of fused-ring (bicyclic) bond motifs is 1. The van der Waals surface area contributed by atoms with Gasteiger partial charge in [0, 0.05) is 43.3 Å². The van der Waals surface area contributed by atoms with Crippen molar-refractivity contribution in [1.82, 2.24) is 15.0 Å². The first-order valence-corrected chi connectivity index (χ1v) is 11.1. The second-order valence-corrected chi connectivity index (χ2v) is 8.64. The van der Waals surface area contributed by atoms with Crippen molar-refractivity contribution in [2.75, 3.05) is 29.4 Å². The van der Waals surface area contributed by atoms with Gasteiger partial charge in [-0.1, -0.05) is 23.7 Å². The summed E-state index contributed by atoms with van der Waals surface area (Å²) in [5.74, 6) is 1.03. The van der Waals surface area contributed by atoms with Crippen LogP contribution in [0, 0.1) is 6.92 Å². The predicted molar refractivity (Wildman–Crippen MR) is 122 cm³/mol. The lowest BCUT2D eigenvalue weighted by atomic mass is 10.0. The summed E-state index contributed by atoms with van der Waals surface area (Å²) >= 11 is 6.59. The molecular weight excluding hydrogens is 394 g/mol. The Morgan fingerprint density at radius 1 is 0.933 bits per heavy atom. The summed E-state index contributed by atoms with van der Waals surface area (Å²) in [4.78, 5) is 18.3. The van der Waals surface area contributed by atoms with E-state index in [2.05, 4.69) is 49.0 Å². The van der Waals surface area contributed by atoms with Crippen LogP contribution in [0.25, 0.3) is 11.1 Å². The third-order valence-electron chi connectivity index (χ3n) is 6.10. The molecule has 1 aromatic carbocycles. The van der Waals surface area contributed by atoms with Crippen molar-refractivity contribution in [2.24, 2.45) is 0 Å². The van der Waals surface area contributed by atoms with Crippen LogP contribution in [-0.4, -0.2) is 34.6 Å². The molecule has 3 aromatic rings. The number of hydrogen-bond acceptors (Lipinski definition) is 5. The maximum Gasteiger partial charge on any atom is 0.129 e. The Bertz CT molecular complexity index is 1040. The number of nitrogens with zero attached hydrogens (tertiary/aromatic N) is 5. The van der Waals surface area contributed by atoms with Crippen molar-refractivity contribution >= 4 is 23.1 Å². The van der Waals surface area contributed by atoms with Gasteiger partial charge in [0.1, 0.15) is 5.82 Å². The molecule has 0 amide bonds. The SMILES string of the molecule is Cc1cnc(CN2CCc3ccc(-c4cc(N5CCCCC5)ncc4Cl)cc32)cn1. The number of aromatic nitrogens is 3. The fourth-order valence-electron chi connectivity index (χ4n) is 4.42. The topological polar surface area (TPSA) is 45.2 Å². The Labute approximate surface area is 182 Å². The zero-order valence-electron chi connectivity index (χ0n) is 17.3. The molecule has 2 aliphatic rings. The normalized spacial score (nSPS) is 16.1. The van der Waals surface area contributed by atoms with E-state index in [1.165, 1.54) is 30.5 Å². The molecule has 2 aliphatic heterocycles. The summed E-state index contributed by atoms with van der Waals surface area (Å²) in [6.45, 7) is 5.88. The lowest BCUT2D eigenvalue weighted by Crippen LogP contribution is -2.30. The predicted octanol–water partition coefficient (Wildman–Crippen LogP) is 5.05. The Morgan fingerprint density at radius 3 is 2.60 bits per heavy atom. The summed E-state index contributed by atoms with van der Waals surface area (Å²) in [6, 6.07) is 8.85. The molecule has 0 unspecified atom stereocenters. The Morgan fingerprint density at radius 2 is 1.80 bits per heavy atom. The molecule has 0 spiro atoms. The van der Waals surface area contributed by atoms with Crippen molar-refractivity contribution in [2.45, 2.75) is 39.2 Å². The summed E-state index contributed by atoms with van der Waals surface area (Å²) < 4.78 is 0. The zero-order valence-corrected chi connectivity index (χ0v) is 18.1. The number of pyridine rings is 1. The molecule has 0 radical (unpaired) electrons. The van der Waals surface area contributed by atoms with Crippen molar-refractivity contribution in [1.29, 1.82) is 0 Å². The second-order valence-electron chi connectivity index (χ2n) is 8.23. The van der Waals surface area contributed by atoms with Crippen LogP contribution in [0.3, 0.4) is 0 Å². The van der Waals surface area contributed by atoms with E-state index < -0.39 is 0 Å². The molecule has 5 rings (SSSR count). The van der Waals surface area contributed by atoms with Gasteiger partial charge in [-0.3, -0.25) is 9.97 Å². The number of anilines is 2. The van der Waals surface area contributed by atoms with E-state index in [9.17, 15) is 0 Å². The fraction of sp³-hybridized carbons (Fsp3) is 0.375. The number of halogens is 1. The average molecular weight is 420 g/mol. The van der Waals surface area contributed by atoms with E-state index in [4.69, 9.17) is 11.6 Å². The molecule has 0 N–H and O–H groups in total. The Hall–Kier alpha value is -2.66. The van der Waals surface area contributed by atoms with Crippen LogP contribution in [0.15, 0.2) is 42.9 Å². The van der Waals surface area contributed by atoms with E-state index in [0.29, 0.717) is 5.02 Å². The van der Waals surface area contributed by atoms with E-state index in [0.717, 1.165) is 60.9 Å². The molecule has 0 atom stereocenters. The van der Waals surface area contributed by atoms with Crippen molar-refractivity contribution in [3.8, 4) is 11.1 Å². The maximum atomic E-state index is 6.59. The van der Waals surface area contributed by atoms with Crippen molar-refractivity contribution in [3.05, 3.63) is 64.8 Å². The molecule has 6 heteroatoms. The highest BCUT2D eigenvalue weighted by Gasteiger charge is 2.21. The van der Waals surface area contributed by atoms with E-state index in [1.807, 2.05) is 19.3 Å².